The summed E-state index contributed by atoms with van der Waals surface area (Å²) in [6, 6.07) is 6.00. The van der Waals surface area contributed by atoms with E-state index >= 15 is 0 Å². The minimum absolute atomic E-state index is 0. The van der Waals surface area contributed by atoms with Crippen molar-refractivity contribution in [2.75, 3.05) is 38.1 Å². The van der Waals surface area contributed by atoms with Gasteiger partial charge in [-0.15, -0.1) is 12.4 Å². The number of nitrogens with one attached hydrogen (secondary N) is 1. The van der Waals surface area contributed by atoms with Crippen molar-refractivity contribution < 1.29 is 9.53 Å². The van der Waals surface area contributed by atoms with Gasteiger partial charge in [0.2, 0.25) is 5.91 Å². The van der Waals surface area contributed by atoms with Crippen LogP contribution >= 0.6 is 12.4 Å². The van der Waals surface area contributed by atoms with Gasteiger partial charge in [-0.25, -0.2) is 0 Å². The number of nitrogens with zero attached hydrogens (tertiary/aromatic N) is 1. The van der Waals surface area contributed by atoms with Crippen LogP contribution in [0.3, 0.4) is 0 Å². The number of hydrogen-bond donors (Lipinski definition) is 2. The average molecular weight is 314 g/mol. The molecule has 3 N–H and O–H groups in total. The number of rotatable bonds is 4. The molecule has 2 rings (SSSR count). The quantitative estimate of drug-likeness (QED) is 0.880. The van der Waals surface area contributed by atoms with Gasteiger partial charge in [-0.3, -0.25) is 9.69 Å². The highest BCUT2D eigenvalue weighted by atomic mass is 35.5. The molecule has 118 valence electrons. The van der Waals surface area contributed by atoms with Crippen LogP contribution < -0.4 is 11.1 Å². The van der Waals surface area contributed by atoms with E-state index in [0.717, 1.165) is 29.9 Å². The van der Waals surface area contributed by atoms with Gasteiger partial charge in [0, 0.05) is 25.3 Å². The molecule has 0 aliphatic carbocycles. The van der Waals surface area contributed by atoms with E-state index in [1.807, 2.05) is 32.0 Å². The predicted molar refractivity (Wildman–Crippen MR) is 87.0 cm³/mol. The van der Waals surface area contributed by atoms with Crippen molar-refractivity contribution in [1.29, 1.82) is 0 Å². The van der Waals surface area contributed by atoms with Crippen LogP contribution in [0.1, 0.15) is 11.1 Å². The van der Waals surface area contributed by atoms with Crippen LogP contribution in [0.2, 0.25) is 0 Å². The number of aryl methyl sites for hydroxylation is 2. The summed E-state index contributed by atoms with van der Waals surface area (Å²) >= 11 is 0. The summed E-state index contributed by atoms with van der Waals surface area (Å²) in [5.41, 5.74) is 8.69. The lowest BCUT2D eigenvalue weighted by Crippen LogP contribution is -2.48. The Morgan fingerprint density at radius 1 is 1.43 bits per heavy atom. The largest absolute Gasteiger partial charge is 0.374 e. The van der Waals surface area contributed by atoms with Gasteiger partial charge >= 0.3 is 0 Å². The van der Waals surface area contributed by atoms with E-state index in [1.165, 1.54) is 0 Å². The molecule has 1 amide bonds. The van der Waals surface area contributed by atoms with E-state index in [-0.39, 0.29) is 24.4 Å². The third-order valence-corrected chi connectivity index (χ3v) is 3.60. The van der Waals surface area contributed by atoms with Gasteiger partial charge in [0.05, 0.1) is 19.3 Å². The van der Waals surface area contributed by atoms with E-state index in [2.05, 4.69) is 10.2 Å². The first-order valence-corrected chi connectivity index (χ1v) is 7.00. The summed E-state index contributed by atoms with van der Waals surface area (Å²) in [4.78, 5) is 14.2. The Kier molecular flexibility index (Phi) is 7.11. The molecular formula is C15H24ClN3O2. The minimum Gasteiger partial charge on any atom is -0.374 e. The smallest absolute Gasteiger partial charge is 0.238 e. The van der Waals surface area contributed by atoms with Crippen molar-refractivity contribution in [3.63, 3.8) is 0 Å². The number of para-hydroxylation sites is 1. The number of anilines is 1. The van der Waals surface area contributed by atoms with Crippen molar-refractivity contribution >= 4 is 24.0 Å². The van der Waals surface area contributed by atoms with Crippen molar-refractivity contribution in [3.05, 3.63) is 29.3 Å². The second kappa shape index (κ2) is 8.34. The Hall–Kier alpha value is -1.14. The number of nitrogens with two attached hydrogens (primary N) is 1. The van der Waals surface area contributed by atoms with Crippen molar-refractivity contribution in [1.82, 2.24) is 4.90 Å². The second-order valence-electron chi connectivity index (χ2n) is 5.28. The summed E-state index contributed by atoms with van der Waals surface area (Å²) in [5.74, 6) is 0.0140. The molecule has 1 aromatic rings. The number of benzene rings is 1. The molecule has 0 spiro atoms. The van der Waals surface area contributed by atoms with Crippen molar-refractivity contribution in [2.24, 2.45) is 5.73 Å². The zero-order valence-electron chi connectivity index (χ0n) is 12.6. The first-order valence-electron chi connectivity index (χ1n) is 7.00. The SMILES string of the molecule is Cc1cccc(C)c1NC(=O)CN1CCOC(CN)C1.Cl. The van der Waals surface area contributed by atoms with Gasteiger partial charge in [-0.05, 0) is 25.0 Å². The summed E-state index contributed by atoms with van der Waals surface area (Å²) in [5, 5.41) is 3.01. The molecule has 0 aromatic heterocycles. The molecule has 1 aromatic carbocycles. The van der Waals surface area contributed by atoms with Crippen LogP contribution in [0.25, 0.3) is 0 Å². The third kappa shape index (κ3) is 4.97. The molecule has 1 saturated heterocycles. The lowest BCUT2D eigenvalue weighted by atomic mass is 10.1. The van der Waals surface area contributed by atoms with Crippen LogP contribution in [0.15, 0.2) is 18.2 Å². The number of ether oxygens (including phenoxy) is 1. The molecule has 1 aliphatic heterocycles. The summed E-state index contributed by atoms with van der Waals surface area (Å²) in [6.07, 6.45) is 0.0387. The van der Waals surface area contributed by atoms with Gasteiger partial charge < -0.3 is 15.8 Å². The summed E-state index contributed by atoms with van der Waals surface area (Å²) < 4.78 is 5.50. The maximum absolute atomic E-state index is 12.2. The number of halogens is 1. The first kappa shape index (κ1) is 17.9. The number of carbonyl (C=O) groups is 1. The van der Waals surface area contributed by atoms with Gasteiger partial charge in [0.15, 0.2) is 0 Å². The standard InChI is InChI=1S/C15H23N3O2.ClH/c1-11-4-3-5-12(2)15(11)17-14(19)10-18-6-7-20-13(8-16)9-18;/h3-5,13H,6-10,16H2,1-2H3,(H,17,19);1H. The Morgan fingerprint density at radius 2 is 2.10 bits per heavy atom. The molecule has 1 fully saturated rings. The lowest BCUT2D eigenvalue weighted by molar-refractivity contribution is -0.119. The fraction of sp³-hybridized carbons (Fsp3) is 0.533. The highest BCUT2D eigenvalue weighted by Gasteiger charge is 2.21. The molecule has 1 heterocycles. The molecule has 0 radical (unpaired) electrons. The van der Waals surface area contributed by atoms with Gasteiger partial charge in [-0.1, -0.05) is 18.2 Å². The first-order chi connectivity index (χ1) is 9.60. The molecule has 21 heavy (non-hydrogen) atoms. The molecule has 0 saturated carbocycles. The Balaban J connectivity index is 0.00000220. The molecule has 5 nitrogen and oxygen atoms in total. The molecule has 1 aliphatic rings. The fourth-order valence-corrected chi connectivity index (χ4v) is 2.46. The summed E-state index contributed by atoms with van der Waals surface area (Å²) in [7, 11) is 0. The third-order valence-electron chi connectivity index (χ3n) is 3.60. The van der Waals surface area contributed by atoms with Gasteiger partial charge in [-0.2, -0.15) is 0 Å². The van der Waals surface area contributed by atoms with Crippen LogP contribution in [-0.2, 0) is 9.53 Å². The van der Waals surface area contributed by atoms with Crippen LogP contribution in [0.4, 0.5) is 5.69 Å². The van der Waals surface area contributed by atoms with E-state index < -0.39 is 0 Å². The topological polar surface area (TPSA) is 67.6 Å². The molecule has 1 atom stereocenters. The zero-order chi connectivity index (χ0) is 14.5. The Labute approximate surface area is 132 Å². The minimum atomic E-state index is 0. The molecule has 1 unspecified atom stereocenters. The molecule has 0 bridgehead atoms. The fourth-order valence-electron chi connectivity index (χ4n) is 2.46. The number of amides is 1. The maximum Gasteiger partial charge on any atom is 0.238 e. The van der Waals surface area contributed by atoms with E-state index in [0.29, 0.717) is 19.7 Å². The summed E-state index contributed by atoms with van der Waals surface area (Å²) in [6.45, 7) is 7.01. The number of morpholine rings is 1. The molecule has 6 heteroatoms. The maximum atomic E-state index is 12.2. The van der Waals surface area contributed by atoms with E-state index in [4.69, 9.17) is 10.5 Å². The normalized spacial score (nSPS) is 18.9. The Morgan fingerprint density at radius 3 is 2.71 bits per heavy atom. The lowest BCUT2D eigenvalue weighted by Gasteiger charge is -2.31. The average Bonchev–Trinajstić information content (AvgIpc) is 2.43. The highest BCUT2D eigenvalue weighted by Crippen LogP contribution is 2.19. The number of carbonyl (C=O) groups excluding carboxylic acids is 1. The monoisotopic (exact) mass is 313 g/mol. The molecular weight excluding hydrogens is 290 g/mol. The van der Waals surface area contributed by atoms with Crippen molar-refractivity contribution in [3.8, 4) is 0 Å². The van der Waals surface area contributed by atoms with Gasteiger partial charge in [0.1, 0.15) is 0 Å². The second-order valence-corrected chi connectivity index (χ2v) is 5.28. The van der Waals surface area contributed by atoms with E-state index in [1.54, 1.807) is 0 Å². The van der Waals surface area contributed by atoms with Crippen molar-refractivity contribution in [2.45, 2.75) is 20.0 Å². The van der Waals surface area contributed by atoms with Crippen LogP contribution in [0.5, 0.6) is 0 Å². The van der Waals surface area contributed by atoms with Crippen LogP contribution in [0, 0.1) is 13.8 Å². The zero-order valence-corrected chi connectivity index (χ0v) is 13.4. The Bertz CT molecular complexity index is 462. The highest BCUT2D eigenvalue weighted by molar-refractivity contribution is 5.93. The predicted octanol–water partition coefficient (Wildman–Crippen LogP) is 1.32. The number of hydrogen-bond acceptors (Lipinski definition) is 4. The van der Waals surface area contributed by atoms with Crippen LogP contribution in [-0.4, -0.2) is 49.7 Å². The van der Waals surface area contributed by atoms with Gasteiger partial charge in [0.25, 0.3) is 0 Å². The van der Waals surface area contributed by atoms with E-state index in [9.17, 15) is 4.79 Å².